The average Bonchev–Trinajstić information content (AvgIpc) is 2.80. The number of ether oxygens (including phenoxy) is 2. The van der Waals surface area contributed by atoms with Crippen LogP contribution in [0.3, 0.4) is 0 Å². The van der Waals surface area contributed by atoms with E-state index in [1.807, 2.05) is 25.1 Å². The van der Waals surface area contributed by atoms with Gasteiger partial charge in [0.25, 0.3) is 11.8 Å². The summed E-state index contributed by atoms with van der Waals surface area (Å²) in [4.78, 5) is 28.0. The SMILES string of the molecule is CCOc1cc(/C=N\NC(=O)c2ccccn2)ccc1OCC(=O)Nc1ccccc1. The van der Waals surface area contributed by atoms with Crippen molar-refractivity contribution in [3.63, 3.8) is 0 Å². The van der Waals surface area contributed by atoms with Crippen molar-refractivity contribution in [1.82, 2.24) is 10.4 Å². The van der Waals surface area contributed by atoms with E-state index in [-0.39, 0.29) is 18.2 Å². The number of rotatable bonds is 9. The van der Waals surface area contributed by atoms with E-state index >= 15 is 0 Å². The van der Waals surface area contributed by atoms with E-state index in [0.717, 1.165) is 0 Å². The van der Waals surface area contributed by atoms with Crippen molar-refractivity contribution in [2.24, 2.45) is 5.10 Å². The molecule has 0 aliphatic heterocycles. The van der Waals surface area contributed by atoms with Crippen molar-refractivity contribution in [2.75, 3.05) is 18.5 Å². The second-order valence-electron chi connectivity index (χ2n) is 6.26. The van der Waals surface area contributed by atoms with Gasteiger partial charge in [-0.3, -0.25) is 14.6 Å². The van der Waals surface area contributed by atoms with Crippen LogP contribution in [0.2, 0.25) is 0 Å². The Kier molecular flexibility index (Phi) is 7.70. The molecule has 2 aromatic carbocycles. The maximum Gasteiger partial charge on any atom is 0.289 e. The van der Waals surface area contributed by atoms with Crippen LogP contribution in [0.25, 0.3) is 0 Å². The second kappa shape index (κ2) is 11.1. The van der Waals surface area contributed by atoms with Gasteiger partial charge in [-0.2, -0.15) is 5.10 Å². The van der Waals surface area contributed by atoms with Crippen LogP contribution in [0.15, 0.2) is 78.0 Å². The van der Waals surface area contributed by atoms with Gasteiger partial charge < -0.3 is 14.8 Å². The molecule has 0 aliphatic rings. The number of benzene rings is 2. The molecule has 3 aromatic rings. The molecule has 2 amide bonds. The van der Waals surface area contributed by atoms with Crippen LogP contribution in [0.5, 0.6) is 11.5 Å². The molecular weight excluding hydrogens is 396 g/mol. The topological polar surface area (TPSA) is 102 Å². The lowest BCUT2D eigenvalue weighted by Crippen LogP contribution is -2.20. The number of hydrogen-bond acceptors (Lipinski definition) is 6. The molecule has 8 nitrogen and oxygen atoms in total. The van der Waals surface area contributed by atoms with Gasteiger partial charge in [-0.25, -0.2) is 5.43 Å². The largest absolute Gasteiger partial charge is 0.490 e. The zero-order valence-electron chi connectivity index (χ0n) is 16.9. The predicted molar refractivity (Wildman–Crippen MR) is 117 cm³/mol. The summed E-state index contributed by atoms with van der Waals surface area (Å²) in [7, 11) is 0. The highest BCUT2D eigenvalue weighted by Gasteiger charge is 2.10. The van der Waals surface area contributed by atoms with Gasteiger partial charge in [-0.05, 0) is 55.0 Å². The van der Waals surface area contributed by atoms with Gasteiger partial charge in [0.15, 0.2) is 18.1 Å². The van der Waals surface area contributed by atoms with Crippen molar-refractivity contribution < 1.29 is 19.1 Å². The Bertz CT molecular complexity index is 1040. The molecule has 0 spiro atoms. The fourth-order valence-corrected chi connectivity index (χ4v) is 2.57. The lowest BCUT2D eigenvalue weighted by Gasteiger charge is -2.12. The molecule has 0 aliphatic carbocycles. The first-order chi connectivity index (χ1) is 15.2. The number of hydrogen-bond donors (Lipinski definition) is 2. The summed E-state index contributed by atoms with van der Waals surface area (Å²) in [5.41, 5.74) is 4.07. The summed E-state index contributed by atoms with van der Waals surface area (Å²) in [5.74, 6) is 0.206. The number of carbonyl (C=O) groups is 2. The number of carbonyl (C=O) groups excluding carboxylic acids is 2. The van der Waals surface area contributed by atoms with E-state index in [9.17, 15) is 9.59 Å². The quantitative estimate of drug-likeness (QED) is 0.410. The van der Waals surface area contributed by atoms with E-state index in [1.54, 1.807) is 48.5 Å². The minimum absolute atomic E-state index is 0.164. The summed E-state index contributed by atoms with van der Waals surface area (Å²) in [5, 5.41) is 6.70. The highest BCUT2D eigenvalue weighted by atomic mass is 16.5. The molecule has 0 atom stereocenters. The monoisotopic (exact) mass is 418 g/mol. The molecule has 1 aromatic heterocycles. The average molecular weight is 418 g/mol. The van der Waals surface area contributed by atoms with Gasteiger partial charge in [0.2, 0.25) is 0 Å². The van der Waals surface area contributed by atoms with Crippen molar-refractivity contribution in [3.8, 4) is 11.5 Å². The van der Waals surface area contributed by atoms with Crippen molar-refractivity contribution in [1.29, 1.82) is 0 Å². The Morgan fingerprint density at radius 3 is 2.55 bits per heavy atom. The number of para-hydroxylation sites is 1. The molecule has 0 saturated heterocycles. The molecule has 2 N–H and O–H groups in total. The van der Waals surface area contributed by atoms with Gasteiger partial charge in [0.05, 0.1) is 12.8 Å². The molecule has 1 heterocycles. The van der Waals surface area contributed by atoms with Crippen LogP contribution >= 0.6 is 0 Å². The third-order valence-electron chi connectivity index (χ3n) is 3.96. The molecule has 8 heteroatoms. The molecule has 0 saturated carbocycles. The van der Waals surface area contributed by atoms with Crippen LogP contribution in [0.4, 0.5) is 5.69 Å². The van der Waals surface area contributed by atoms with Gasteiger partial charge >= 0.3 is 0 Å². The fourth-order valence-electron chi connectivity index (χ4n) is 2.57. The molecule has 31 heavy (non-hydrogen) atoms. The van der Waals surface area contributed by atoms with E-state index in [4.69, 9.17) is 9.47 Å². The highest BCUT2D eigenvalue weighted by molar-refractivity contribution is 5.93. The van der Waals surface area contributed by atoms with Gasteiger partial charge in [-0.1, -0.05) is 24.3 Å². The maximum absolute atomic E-state index is 12.1. The summed E-state index contributed by atoms with van der Waals surface area (Å²) in [6.45, 7) is 2.10. The Labute approximate surface area is 179 Å². The summed E-state index contributed by atoms with van der Waals surface area (Å²) in [6, 6.07) is 19.3. The van der Waals surface area contributed by atoms with Gasteiger partial charge in [-0.15, -0.1) is 0 Å². The first kappa shape index (κ1) is 21.5. The number of aromatic nitrogens is 1. The van der Waals surface area contributed by atoms with Crippen molar-refractivity contribution in [2.45, 2.75) is 6.92 Å². The minimum Gasteiger partial charge on any atom is -0.490 e. The molecule has 158 valence electrons. The lowest BCUT2D eigenvalue weighted by atomic mass is 10.2. The van der Waals surface area contributed by atoms with E-state index in [1.165, 1.54) is 12.4 Å². The molecule has 0 fully saturated rings. The normalized spacial score (nSPS) is 10.5. The number of pyridine rings is 1. The third-order valence-corrected chi connectivity index (χ3v) is 3.96. The first-order valence-electron chi connectivity index (χ1n) is 9.64. The Morgan fingerprint density at radius 1 is 1.00 bits per heavy atom. The van der Waals surface area contributed by atoms with Crippen LogP contribution in [0.1, 0.15) is 23.0 Å². The summed E-state index contributed by atoms with van der Waals surface area (Å²) >= 11 is 0. The number of anilines is 1. The highest BCUT2D eigenvalue weighted by Crippen LogP contribution is 2.28. The molecule has 0 bridgehead atoms. The second-order valence-corrected chi connectivity index (χ2v) is 6.26. The summed E-state index contributed by atoms with van der Waals surface area (Å²) in [6.07, 6.45) is 3.01. The van der Waals surface area contributed by atoms with E-state index in [2.05, 4.69) is 20.8 Å². The minimum atomic E-state index is -0.411. The predicted octanol–water partition coefficient (Wildman–Crippen LogP) is 3.26. The lowest BCUT2D eigenvalue weighted by molar-refractivity contribution is -0.118. The molecule has 0 radical (unpaired) electrons. The Morgan fingerprint density at radius 2 is 1.81 bits per heavy atom. The number of nitrogens with zero attached hydrogens (tertiary/aromatic N) is 2. The number of nitrogens with one attached hydrogen (secondary N) is 2. The Balaban J connectivity index is 1.59. The molecular formula is C23H22N4O4. The zero-order valence-corrected chi connectivity index (χ0v) is 16.9. The molecule has 3 rings (SSSR count). The fraction of sp³-hybridized carbons (Fsp3) is 0.130. The first-order valence-corrected chi connectivity index (χ1v) is 9.64. The van der Waals surface area contributed by atoms with Crippen LogP contribution in [0, 0.1) is 0 Å². The summed E-state index contributed by atoms with van der Waals surface area (Å²) < 4.78 is 11.2. The van der Waals surface area contributed by atoms with Gasteiger partial charge in [0, 0.05) is 11.9 Å². The van der Waals surface area contributed by atoms with Crippen molar-refractivity contribution in [3.05, 3.63) is 84.2 Å². The standard InChI is InChI=1S/C23H22N4O4/c1-2-30-21-14-17(15-25-27-23(29)19-10-6-7-13-24-19)11-12-20(21)31-16-22(28)26-18-8-4-3-5-9-18/h3-15H,2,16H2,1H3,(H,26,28)(H,27,29)/b25-15-. The van der Waals surface area contributed by atoms with Crippen LogP contribution < -0.4 is 20.2 Å². The smallest absolute Gasteiger partial charge is 0.289 e. The van der Waals surface area contributed by atoms with Crippen LogP contribution in [-0.4, -0.2) is 36.2 Å². The van der Waals surface area contributed by atoms with E-state index < -0.39 is 5.91 Å². The van der Waals surface area contributed by atoms with E-state index in [0.29, 0.717) is 29.4 Å². The molecule has 0 unspecified atom stereocenters. The zero-order chi connectivity index (χ0) is 21.9. The van der Waals surface area contributed by atoms with Crippen LogP contribution in [-0.2, 0) is 4.79 Å². The van der Waals surface area contributed by atoms with Gasteiger partial charge in [0.1, 0.15) is 5.69 Å². The maximum atomic E-state index is 12.1. The van der Waals surface area contributed by atoms with Crippen molar-refractivity contribution >= 4 is 23.7 Å². The Hall–Kier alpha value is -4.20. The number of amides is 2. The number of hydrazone groups is 1. The third kappa shape index (κ3) is 6.67.